The number of likely N-dealkylation sites (N-methyl/N-ethyl adjacent to an activating group) is 1. The molecule has 1 rings (SSSR count). The van der Waals surface area contributed by atoms with Gasteiger partial charge in [0.25, 0.3) is 0 Å². The van der Waals surface area contributed by atoms with E-state index < -0.39 is 0 Å². The number of nitrogens with zero attached hydrogens (tertiary/aromatic N) is 1. The van der Waals surface area contributed by atoms with E-state index in [0.29, 0.717) is 6.04 Å². The molecule has 0 aromatic carbocycles. The Bertz CT molecular complexity index is 147. The molecular formula is C9H20N2O. The van der Waals surface area contributed by atoms with Gasteiger partial charge >= 0.3 is 0 Å². The lowest BCUT2D eigenvalue weighted by atomic mass is 9.97. The van der Waals surface area contributed by atoms with Gasteiger partial charge in [0.05, 0.1) is 0 Å². The fourth-order valence-corrected chi connectivity index (χ4v) is 1.52. The van der Waals surface area contributed by atoms with Crippen LogP contribution < -0.4 is 5.32 Å². The van der Waals surface area contributed by atoms with Crippen molar-refractivity contribution in [3.63, 3.8) is 0 Å². The third-order valence-electron chi connectivity index (χ3n) is 2.83. The molecule has 3 nitrogen and oxygen atoms in total. The van der Waals surface area contributed by atoms with Crippen LogP contribution >= 0.6 is 0 Å². The van der Waals surface area contributed by atoms with E-state index in [2.05, 4.69) is 31.1 Å². The average Bonchev–Trinajstić information content (AvgIpc) is 1.98. The number of aliphatic hydroxyl groups excluding tert-OH is 1. The van der Waals surface area contributed by atoms with Gasteiger partial charge in [0.15, 0.2) is 0 Å². The van der Waals surface area contributed by atoms with Crippen molar-refractivity contribution in [2.75, 3.05) is 26.7 Å². The molecule has 1 atom stereocenters. The first-order valence-electron chi connectivity index (χ1n) is 4.62. The number of nitrogens with one attached hydrogen (secondary N) is 1. The SMILES string of the molecule is CN1CC(CCO)NCC1(C)C. The van der Waals surface area contributed by atoms with Crippen LogP contribution in [0.5, 0.6) is 0 Å². The molecule has 0 bridgehead atoms. The summed E-state index contributed by atoms with van der Waals surface area (Å²) < 4.78 is 0. The summed E-state index contributed by atoms with van der Waals surface area (Å²) in [5.41, 5.74) is 0.256. The van der Waals surface area contributed by atoms with Crippen LogP contribution in [0.4, 0.5) is 0 Å². The maximum Gasteiger partial charge on any atom is 0.0446 e. The Morgan fingerprint density at radius 1 is 1.58 bits per heavy atom. The number of hydrogen-bond donors (Lipinski definition) is 2. The lowest BCUT2D eigenvalue weighted by Gasteiger charge is -2.44. The van der Waals surface area contributed by atoms with E-state index in [1.165, 1.54) is 0 Å². The maximum atomic E-state index is 8.78. The molecule has 1 unspecified atom stereocenters. The summed E-state index contributed by atoms with van der Waals surface area (Å²) in [6.07, 6.45) is 0.862. The average molecular weight is 172 g/mol. The van der Waals surface area contributed by atoms with Crippen LogP contribution in [0.3, 0.4) is 0 Å². The molecule has 1 heterocycles. The van der Waals surface area contributed by atoms with Gasteiger partial charge in [0, 0.05) is 31.3 Å². The van der Waals surface area contributed by atoms with E-state index in [4.69, 9.17) is 5.11 Å². The highest BCUT2D eigenvalue weighted by molar-refractivity contribution is 4.90. The zero-order chi connectivity index (χ0) is 9.19. The van der Waals surface area contributed by atoms with Gasteiger partial charge in [0.2, 0.25) is 0 Å². The molecule has 0 saturated carbocycles. The van der Waals surface area contributed by atoms with Crippen molar-refractivity contribution in [3.05, 3.63) is 0 Å². The van der Waals surface area contributed by atoms with E-state index in [0.717, 1.165) is 19.5 Å². The van der Waals surface area contributed by atoms with Crippen LogP contribution in [0, 0.1) is 0 Å². The fourth-order valence-electron chi connectivity index (χ4n) is 1.52. The van der Waals surface area contributed by atoms with E-state index in [1.807, 2.05) is 0 Å². The van der Waals surface area contributed by atoms with Crippen LogP contribution in [0.15, 0.2) is 0 Å². The molecule has 0 radical (unpaired) electrons. The quantitative estimate of drug-likeness (QED) is 0.618. The third-order valence-corrected chi connectivity index (χ3v) is 2.83. The standard InChI is InChI=1S/C9H20N2O/c1-9(2)7-10-8(4-5-12)6-11(9)3/h8,10,12H,4-7H2,1-3H3. The predicted molar refractivity (Wildman–Crippen MR) is 50.2 cm³/mol. The Balaban J connectivity index is 2.41. The maximum absolute atomic E-state index is 8.78. The second-order valence-electron chi connectivity index (χ2n) is 4.28. The fraction of sp³-hybridized carbons (Fsp3) is 1.00. The van der Waals surface area contributed by atoms with E-state index in [9.17, 15) is 0 Å². The van der Waals surface area contributed by atoms with Gasteiger partial charge in [-0.25, -0.2) is 0 Å². The van der Waals surface area contributed by atoms with Gasteiger partial charge in [-0.2, -0.15) is 0 Å². The van der Waals surface area contributed by atoms with Gasteiger partial charge < -0.3 is 10.4 Å². The lowest BCUT2D eigenvalue weighted by Crippen LogP contribution is -2.60. The van der Waals surface area contributed by atoms with E-state index in [1.54, 1.807) is 0 Å². The highest BCUT2D eigenvalue weighted by Crippen LogP contribution is 2.16. The van der Waals surface area contributed by atoms with Crippen molar-refractivity contribution < 1.29 is 5.11 Å². The number of rotatable bonds is 2. The van der Waals surface area contributed by atoms with Crippen molar-refractivity contribution in [2.24, 2.45) is 0 Å². The minimum absolute atomic E-state index is 0.256. The molecular weight excluding hydrogens is 152 g/mol. The normalized spacial score (nSPS) is 30.5. The smallest absolute Gasteiger partial charge is 0.0446 e. The highest BCUT2D eigenvalue weighted by Gasteiger charge is 2.30. The van der Waals surface area contributed by atoms with Gasteiger partial charge in [0.1, 0.15) is 0 Å². The second-order valence-corrected chi connectivity index (χ2v) is 4.28. The summed E-state index contributed by atoms with van der Waals surface area (Å²) in [7, 11) is 2.14. The zero-order valence-electron chi connectivity index (χ0n) is 8.30. The van der Waals surface area contributed by atoms with Gasteiger partial charge in [-0.05, 0) is 27.3 Å². The van der Waals surface area contributed by atoms with Gasteiger partial charge in [-0.1, -0.05) is 0 Å². The first kappa shape index (κ1) is 9.96. The minimum Gasteiger partial charge on any atom is -0.396 e. The van der Waals surface area contributed by atoms with Crippen LogP contribution in [0.2, 0.25) is 0 Å². The monoisotopic (exact) mass is 172 g/mol. The summed E-state index contributed by atoms with van der Waals surface area (Å²) in [5.74, 6) is 0. The molecule has 0 amide bonds. The number of piperazine rings is 1. The Kier molecular flexibility index (Phi) is 3.09. The lowest BCUT2D eigenvalue weighted by molar-refractivity contribution is 0.0853. The first-order chi connectivity index (χ1) is 5.56. The van der Waals surface area contributed by atoms with Crippen molar-refractivity contribution >= 4 is 0 Å². The molecule has 3 heteroatoms. The second kappa shape index (κ2) is 3.73. The van der Waals surface area contributed by atoms with Crippen molar-refractivity contribution in [3.8, 4) is 0 Å². The van der Waals surface area contributed by atoms with Crippen LogP contribution in [0.1, 0.15) is 20.3 Å². The molecule has 1 saturated heterocycles. The molecule has 1 fully saturated rings. The summed E-state index contributed by atoms with van der Waals surface area (Å²) in [5, 5.41) is 12.2. The van der Waals surface area contributed by atoms with E-state index in [-0.39, 0.29) is 12.1 Å². The Labute approximate surface area is 74.8 Å². The molecule has 0 aliphatic carbocycles. The first-order valence-corrected chi connectivity index (χ1v) is 4.62. The third kappa shape index (κ3) is 2.19. The summed E-state index contributed by atoms with van der Waals surface area (Å²) in [6.45, 7) is 6.79. The Hall–Kier alpha value is -0.120. The zero-order valence-corrected chi connectivity index (χ0v) is 8.30. The molecule has 0 spiro atoms. The summed E-state index contributed by atoms with van der Waals surface area (Å²) in [4.78, 5) is 2.35. The van der Waals surface area contributed by atoms with Crippen molar-refractivity contribution in [2.45, 2.75) is 31.8 Å². The van der Waals surface area contributed by atoms with Crippen molar-refractivity contribution in [1.82, 2.24) is 10.2 Å². The molecule has 1 aliphatic rings. The van der Waals surface area contributed by atoms with Crippen LogP contribution in [-0.4, -0.2) is 48.3 Å². The number of aliphatic hydroxyl groups is 1. The minimum atomic E-state index is 0.256. The molecule has 12 heavy (non-hydrogen) atoms. The number of hydrogen-bond acceptors (Lipinski definition) is 3. The molecule has 0 aromatic heterocycles. The largest absolute Gasteiger partial charge is 0.396 e. The topological polar surface area (TPSA) is 35.5 Å². The van der Waals surface area contributed by atoms with Gasteiger partial charge in [-0.3, -0.25) is 4.90 Å². The predicted octanol–water partition coefficient (Wildman–Crippen LogP) is 0.0510. The van der Waals surface area contributed by atoms with Crippen LogP contribution in [-0.2, 0) is 0 Å². The Morgan fingerprint density at radius 2 is 2.25 bits per heavy atom. The molecule has 1 aliphatic heterocycles. The van der Waals surface area contributed by atoms with Crippen molar-refractivity contribution in [1.29, 1.82) is 0 Å². The summed E-state index contributed by atoms with van der Waals surface area (Å²) in [6, 6.07) is 0.466. The molecule has 0 aromatic rings. The van der Waals surface area contributed by atoms with E-state index >= 15 is 0 Å². The highest BCUT2D eigenvalue weighted by atomic mass is 16.3. The van der Waals surface area contributed by atoms with Gasteiger partial charge in [-0.15, -0.1) is 0 Å². The summed E-state index contributed by atoms with van der Waals surface area (Å²) >= 11 is 0. The Morgan fingerprint density at radius 3 is 2.75 bits per heavy atom. The molecule has 2 N–H and O–H groups in total. The van der Waals surface area contributed by atoms with Crippen LogP contribution in [0.25, 0.3) is 0 Å². The molecule has 72 valence electrons.